The quantitative estimate of drug-likeness (QED) is 0.650. The second kappa shape index (κ2) is 8.30. The largest absolute Gasteiger partial charge is 0.449 e. The first-order chi connectivity index (χ1) is 14.5. The van der Waals surface area contributed by atoms with E-state index in [1.165, 1.54) is 22.3 Å². The minimum absolute atomic E-state index is 0.0420. The summed E-state index contributed by atoms with van der Waals surface area (Å²) < 4.78 is 5.51. The molecule has 0 spiro atoms. The molecule has 0 aliphatic heterocycles. The zero-order valence-corrected chi connectivity index (χ0v) is 17.0. The second-order valence-electron chi connectivity index (χ2n) is 7.31. The molecule has 0 saturated carbocycles. The smallest absolute Gasteiger partial charge is 0.407 e. The van der Waals surface area contributed by atoms with Crippen LogP contribution in [0.4, 0.5) is 10.6 Å². The number of aromatic nitrogens is 1. The average molecular weight is 397 g/mol. The van der Waals surface area contributed by atoms with Crippen LogP contribution in [0.5, 0.6) is 0 Å². The Morgan fingerprint density at radius 1 is 1.10 bits per heavy atom. The van der Waals surface area contributed by atoms with Crippen LogP contribution in [-0.2, 0) is 4.74 Å². The van der Waals surface area contributed by atoms with Gasteiger partial charge in [0.2, 0.25) is 0 Å². The van der Waals surface area contributed by atoms with Gasteiger partial charge in [-0.3, -0.25) is 0 Å². The van der Waals surface area contributed by atoms with Crippen molar-refractivity contribution in [3.8, 4) is 23.0 Å². The van der Waals surface area contributed by atoms with Crippen molar-refractivity contribution in [3.05, 3.63) is 82.5 Å². The van der Waals surface area contributed by atoms with Crippen LogP contribution in [0, 0.1) is 25.7 Å². The number of alkyl carbamates (subject to hydrolysis) is 1. The number of nitrogens with one attached hydrogen (secondary N) is 1. The molecule has 0 unspecified atom stereocenters. The number of ether oxygens (including phenoxy) is 1. The minimum atomic E-state index is -0.477. The molecule has 0 bridgehead atoms. The zero-order valence-electron chi connectivity index (χ0n) is 17.0. The van der Waals surface area contributed by atoms with Gasteiger partial charge in [-0.25, -0.2) is 9.78 Å². The van der Waals surface area contributed by atoms with Crippen molar-refractivity contribution in [2.24, 2.45) is 0 Å². The molecule has 3 N–H and O–H groups in total. The maximum atomic E-state index is 12.2. The number of benzene rings is 2. The number of nitrogens with two attached hydrogens (primary N) is 1. The van der Waals surface area contributed by atoms with Gasteiger partial charge in [0.15, 0.2) is 0 Å². The SMILES string of the molecule is Cc1cc(N)nc(C)c1C#CCNC(=O)OCC1c2ccccc2-c2ccccc21. The Labute approximate surface area is 176 Å². The van der Waals surface area contributed by atoms with E-state index in [9.17, 15) is 4.79 Å². The van der Waals surface area contributed by atoms with E-state index in [-0.39, 0.29) is 19.1 Å². The number of rotatable bonds is 3. The fraction of sp³-hybridized carbons (Fsp3) is 0.200. The highest BCUT2D eigenvalue weighted by Crippen LogP contribution is 2.44. The molecular weight excluding hydrogens is 374 g/mol. The molecule has 0 atom stereocenters. The van der Waals surface area contributed by atoms with Gasteiger partial charge in [0, 0.05) is 11.5 Å². The highest BCUT2D eigenvalue weighted by atomic mass is 16.5. The lowest BCUT2D eigenvalue weighted by Crippen LogP contribution is -2.26. The number of aryl methyl sites for hydroxylation is 2. The highest BCUT2D eigenvalue weighted by molar-refractivity contribution is 5.79. The van der Waals surface area contributed by atoms with E-state index in [1.807, 2.05) is 38.1 Å². The predicted molar refractivity (Wildman–Crippen MR) is 118 cm³/mol. The van der Waals surface area contributed by atoms with E-state index in [2.05, 4.69) is 46.4 Å². The number of hydrogen-bond acceptors (Lipinski definition) is 4. The van der Waals surface area contributed by atoms with Crippen LogP contribution in [0.15, 0.2) is 54.6 Å². The molecule has 0 fully saturated rings. The summed E-state index contributed by atoms with van der Waals surface area (Å²) in [5.41, 5.74) is 13.1. The number of nitrogen functional groups attached to an aromatic ring is 1. The van der Waals surface area contributed by atoms with Crippen molar-refractivity contribution < 1.29 is 9.53 Å². The summed E-state index contributed by atoms with van der Waals surface area (Å²) in [4.78, 5) is 16.4. The third-order valence-corrected chi connectivity index (χ3v) is 5.30. The van der Waals surface area contributed by atoms with Crippen LogP contribution in [0.3, 0.4) is 0 Å². The lowest BCUT2D eigenvalue weighted by atomic mass is 9.98. The van der Waals surface area contributed by atoms with Crippen molar-refractivity contribution in [3.63, 3.8) is 0 Å². The summed E-state index contributed by atoms with van der Waals surface area (Å²) in [6.45, 7) is 4.29. The molecule has 1 heterocycles. The molecule has 30 heavy (non-hydrogen) atoms. The molecule has 2 aromatic carbocycles. The normalized spacial score (nSPS) is 11.8. The summed E-state index contributed by atoms with van der Waals surface area (Å²) in [7, 11) is 0. The standard InChI is InChI=1S/C25H23N3O2/c1-16-14-24(26)28-17(2)18(16)12-7-13-27-25(29)30-15-23-21-10-5-3-8-19(21)20-9-4-6-11-22(20)23/h3-6,8-11,14,23H,13,15H2,1-2H3,(H2,26,28)(H,27,29). The van der Waals surface area contributed by atoms with Gasteiger partial charge in [-0.2, -0.15) is 0 Å². The van der Waals surface area contributed by atoms with Gasteiger partial charge >= 0.3 is 6.09 Å². The number of carbonyl (C=O) groups is 1. The molecule has 3 aromatic rings. The lowest BCUT2D eigenvalue weighted by Gasteiger charge is -2.14. The Bertz CT molecular complexity index is 1110. The summed E-state index contributed by atoms with van der Waals surface area (Å²) >= 11 is 0. The number of hydrogen-bond donors (Lipinski definition) is 2. The van der Waals surface area contributed by atoms with Crippen molar-refractivity contribution in [1.29, 1.82) is 0 Å². The van der Waals surface area contributed by atoms with E-state index >= 15 is 0 Å². The van der Waals surface area contributed by atoms with Gasteiger partial charge in [-0.1, -0.05) is 60.4 Å². The molecule has 0 radical (unpaired) electrons. The zero-order chi connectivity index (χ0) is 21.1. The Morgan fingerprint density at radius 2 is 1.73 bits per heavy atom. The van der Waals surface area contributed by atoms with Gasteiger partial charge in [-0.05, 0) is 47.7 Å². The van der Waals surface area contributed by atoms with Gasteiger partial charge < -0.3 is 15.8 Å². The van der Waals surface area contributed by atoms with Gasteiger partial charge in [0.1, 0.15) is 12.4 Å². The summed E-state index contributed by atoms with van der Waals surface area (Å²) in [5, 5.41) is 2.70. The van der Waals surface area contributed by atoms with Crippen LogP contribution in [0.25, 0.3) is 11.1 Å². The Kier molecular flexibility index (Phi) is 5.40. The number of anilines is 1. The van der Waals surface area contributed by atoms with Crippen molar-refractivity contribution in [2.75, 3.05) is 18.9 Å². The van der Waals surface area contributed by atoms with Crippen LogP contribution < -0.4 is 11.1 Å². The number of pyridine rings is 1. The number of carbonyl (C=O) groups excluding carboxylic acids is 1. The third-order valence-electron chi connectivity index (χ3n) is 5.30. The second-order valence-corrected chi connectivity index (χ2v) is 7.31. The molecule has 5 nitrogen and oxygen atoms in total. The summed E-state index contributed by atoms with van der Waals surface area (Å²) in [6.07, 6.45) is -0.477. The molecule has 4 rings (SSSR count). The van der Waals surface area contributed by atoms with Crippen molar-refractivity contribution >= 4 is 11.9 Å². The molecule has 1 amide bonds. The number of nitrogens with zero attached hydrogens (tertiary/aromatic N) is 1. The Hall–Kier alpha value is -3.78. The first kappa shape index (κ1) is 19.5. The van der Waals surface area contributed by atoms with Crippen LogP contribution in [-0.4, -0.2) is 24.2 Å². The minimum Gasteiger partial charge on any atom is -0.449 e. The topological polar surface area (TPSA) is 77.2 Å². The van der Waals surface area contributed by atoms with Crippen LogP contribution >= 0.6 is 0 Å². The van der Waals surface area contributed by atoms with Crippen LogP contribution in [0.1, 0.15) is 33.9 Å². The third kappa shape index (κ3) is 3.85. The molecule has 150 valence electrons. The van der Waals surface area contributed by atoms with Gasteiger partial charge in [-0.15, -0.1) is 0 Å². The highest BCUT2D eigenvalue weighted by Gasteiger charge is 2.28. The summed E-state index contributed by atoms with van der Waals surface area (Å²) in [5.74, 6) is 6.52. The summed E-state index contributed by atoms with van der Waals surface area (Å²) in [6, 6.07) is 18.3. The fourth-order valence-electron chi connectivity index (χ4n) is 3.95. The van der Waals surface area contributed by atoms with E-state index < -0.39 is 6.09 Å². The Morgan fingerprint density at radius 3 is 2.37 bits per heavy atom. The maximum absolute atomic E-state index is 12.2. The molecule has 0 saturated heterocycles. The fourth-order valence-corrected chi connectivity index (χ4v) is 3.95. The molecule has 1 aliphatic carbocycles. The van der Waals surface area contributed by atoms with Gasteiger partial charge in [0.25, 0.3) is 0 Å². The predicted octanol–water partition coefficient (Wildman–Crippen LogP) is 4.17. The van der Waals surface area contributed by atoms with E-state index in [1.54, 1.807) is 6.07 Å². The molecule has 5 heteroatoms. The van der Waals surface area contributed by atoms with E-state index in [4.69, 9.17) is 10.5 Å². The van der Waals surface area contributed by atoms with E-state index in [0.29, 0.717) is 5.82 Å². The molecule has 1 aromatic heterocycles. The maximum Gasteiger partial charge on any atom is 0.407 e. The molecule has 1 aliphatic rings. The number of amides is 1. The monoisotopic (exact) mass is 397 g/mol. The first-order valence-electron chi connectivity index (χ1n) is 9.86. The van der Waals surface area contributed by atoms with Crippen molar-refractivity contribution in [2.45, 2.75) is 19.8 Å². The van der Waals surface area contributed by atoms with Crippen molar-refractivity contribution in [1.82, 2.24) is 10.3 Å². The Balaban J connectivity index is 1.37. The van der Waals surface area contributed by atoms with E-state index in [0.717, 1.165) is 16.8 Å². The van der Waals surface area contributed by atoms with Gasteiger partial charge in [0.05, 0.1) is 12.2 Å². The molecular formula is C25H23N3O2. The number of fused-ring (bicyclic) bond motifs is 3. The lowest BCUT2D eigenvalue weighted by molar-refractivity contribution is 0.144. The average Bonchev–Trinajstić information content (AvgIpc) is 3.05. The van der Waals surface area contributed by atoms with Crippen LogP contribution in [0.2, 0.25) is 0 Å². The first-order valence-corrected chi connectivity index (χ1v) is 9.86.